The molecule has 4 rings (SSSR count). The van der Waals surface area contributed by atoms with E-state index in [2.05, 4.69) is 20.0 Å². The first-order valence-corrected chi connectivity index (χ1v) is 9.60. The molecule has 8 heteroatoms. The average Bonchev–Trinajstić information content (AvgIpc) is 3.34. The molecule has 2 aromatic rings. The van der Waals surface area contributed by atoms with Gasteiger partial charge in [0.25, 0.3) is 5.91 Å². The summed E-state index contributed by atoms with van der Waals surface area (Å²) in [5, 5.41) is 14.2. The minimum atomic E-state index is 0.0122. The van der Waals surface area contributed by atoms with Gasteiger partial charge in [0.05, 0.1) is 11.8 Å². The Morgan fingerprint density at radius 3 is 2.67 bits per heavy atom. The molecular formula is C19H26N6O2. The predicted molar refractivity (Wildman–Crippen MR) is 100 cm³/mol. The SMILES string of the molecule is CCn1cc(C(=O)N2CCC3(CC2)CN(c2ncccn2)CC3CO)cn1. The topological polar surface area (TPSA) is 87.4 Å². The molecule has 2 aliphatic heterocycles. The summed E-state index contributed by atoms with van der Waals surface area (Å²) < 4.78 is 1.77. The highest BCUT2D eigenvalue weighted by Crippen LogP contribution is 2.45. The lowest BCUT2D eigenvalue weighted by Crippen LogP contribution is -2.47. The molecule has 1 unspecified atom stereocenters. The van der Waals surface area contributed by atoms with Crippen LogP contribution in [-0.4, -0.2) is 68.4 Å². The molecule has 4 heterocycles. The van der Waals surface area contributed by atoms with Gasteiger partial charge in [0.15, 0.2) is 0 Å². The molecule has 0 radical (unpaired) electrons. The van der Waals surface area contributed by atoms with Crippen LogP contribution in [0.5, 0.6) is 0 Å². The zero-order valence-electron chi connectivity index (χ0n) is 15.7. The Kier molecular flexibility index (Phi) is 4.82. The van der Waals surface area contributed by atoms with Gasteiger partial charge in [-0.1, -0.05) is 0 Å². The van der Waals surface area contributed by atoms with E-state index in [0.29, 0.717) is 18.7 Å². The van der Waals surface area contributed by atoms with Crippen LogP contribution in [-0.2, 0) is 6.54 Å². The van der Waals surface area contributed by atoms with Crippen LogP contribution in [0.4, 0.5) is 5.95 Å². The second kappa shape index (κ2) is 7.26. The summed E-state index contributed by atoms with van der Waals surface area (Å²) in [5.41, 5.74) is 0.662. The van der Waals surface area contributed by atoms with Crippen molar-refractivity contribution in [3.63, 3.8) is 0 Å². The number of hydrogen-bond acceptors (Lipinski definition) is 6. The van der Waals surface area contributed by atoms with Gasteiger partial charge in [-0.2, -0.15) is 5.10 Å². The monoisotopic (exact) mass is 370 g/mol. The highest BCUT2D eigenvalue weighted by atomic mass is 16.3. The van der Waals surface area contributed by atoms with E-state index < -0.39 is 0 Å². The number of hydrogen-bond donors (Lipinski definition) is 1. The molecule has 8 nitrogen and oxygen atoms in total. The molecule has 1 atom stereocenters. The highest BCUT2D eigenvalue weighted by molar-refractivity contribution is 5.93. The molecule has 2 aliphatic rings. The molecule has 0 bridgehead atoms. The molecule has 0 aliphatic carbocycles. The average molecular weight is 370 g/mol. The third kappa shape index (κ3) is 3.29. The molecule has 1 N–H and O–H groups in total. The van der Waals surface area contributed by atoms with Gasteiger partial charge in [-0.05, 0) is 31.2 Å². The summed E-state index contributed by atoms with van der Waals surface area (Å²) in [4.78, 5) is 25.6. The quantitative estimate of drug-likeness (QED) is 0.865. The summed E-state index contributed by atoms with van der Waals surface area (Å²) in [6, 6.07) is 1.81. The van der Waals surface area contributed by atoms with E-state index in [1.807, 2.05) is 24.1 Å². The maximum atomic E-state index is 12.8. The van der Waals surface area contributed by atoms with Gasteiger partial charge in [0.1, 0.15) is 0 Å². The lowest BCUT2D eigenvalue weighted by molar-refractivity contribution is 0.0416. The molecule has 144 valence electrons. The first kappa shape index (κ1) is 17.9. The Morgan fingerprint density at radius 2 is 2.04 bits per heavy atom. The van der Waals surface area contributed by atoms with Crippen molar-refractivity contribution in [1.82, 2.24) is 24.6 Å². The van der Waals surface area contributed by atoms with Crippen LogP contribution in [0.15, 0.2) is 30.9 Å². The zero-order chi connectivity index (χ0) is 18.9. The Morgan fingerprint density at radius 1 is 1.30 bits per heavy atom. The maximum Gasteiger partial charge on any atom is 0.257 e. The van der Waals surface area contributed by atoms with Crippen molar-refractivity contribution in [2.75, 3.05) is 37.7 Å². The number of rotatable bonds is 4. The molecular weight excluding hydrogens is 344 g/mol. The number of nitrogens with zero attached hydrogens (tertiary/aromatic N) is 6. The second-order valence-corrected chi connectivity index (χ2v) is 7.55. The van der Waals surface area contributed by atoms with E-state index in [9.17, 15) is 9.90 Å². The Bertz CT molecular complexity index is 785. The molecule has 27 heavy (non-hydrogen) atoms. The Hall–Kier alpha value is -2.48. The van der Waals surface area contributed by atoms with Crippen LogP contribution in [0, 0.1) is 11.3 Å². The van der Waals surface area contributed by atoms with E-state index in [0.717, 1.165) is 38.4 Å². The lowest BCUT2D eigenvalue weighted by atomic mass is 9.71. The van der Waals surface area contributed by atoms with Gasteiger partial charge >= 0.3 is 0 Å². The van der Waals surface area contributed by atoms with Crippen LogP contribution in [0.3, 0.4) is 0 Å². The van der Waals surface area contributed by atoms with Crippen LogP contribution in [0.2, 0.25) is 0 Å². The summed E-state index contributed by atoms with van der Waals surface area (Å²) in [5.74, 6) is 0.950. The van der Waals surface area contributed by atoms with Crippen molar-refractivity contribution in [2.24, 2.45) is 11.3 Å². The fraction of sp³-hybridized carbons (Fsp3) is 0.579. The number of carbonyl (C=O) groups is 1. The van der Waals surface area contributed by atoms with Crippen LogP contribution in [0.1, 0.15) is 30.1 Å². The van der Waals surface area contributed by atoms with E-state index in [-0.39, 0.29) is 23.8 Å². The molecule has 2 saturated heterocycles. The molecule has 1 amide bonds. The number of anilines is 1. The summed E-state index contributed by atoms with van der Waals surface area (Å²) in [7, 11) is 0. The number of amides is 1. The summed E-state index contributed by atoms with van der Waals surface area (Å²) in [6.07, 6.45) is 8.73. The number of aliphatic hydroxyl groups is 1. The minimum absolute atomic E-state index is 0.0122. The van der Waals surface area contributed by atoms with Gasteiger partial charge in [0, 0.05) is 63.8 Å². The third-order valence-electron chi connectivity index (χ3n) is 6.12. The van der Waals surface area contributed by atoms with Gasteiger partial charge in [-0.3, -0.25) is 9.48 Å². The van der Waals surface area contributed by atoms with Crippen LogP contribution < -0.4 is 4.90 Å². The van der Waals surface area contributed by atoms with Gasteiger partial charge in [-0.15, -0.1) is 0 Å². The van der Waals surface area contributed by atoms with Crippen molar-refractivity contribution in [1.29, 1.82) is 0 Å². The predicted octanol–water partition coefficient (Wildman–Crippen LogP) is 1.04. The lowest BCUT2D eigenvalue weighted by Gasteiger charge is -2.42. The number of carbonyl (C=O) groups excluding carboxylic acids is 1. The van der Waals surface area contributed by atoms with Crippen molar-refractivity contribution < 1.29 is 9.90 Å². The molecule has 0 aromatic carbocycles. The number of aromatic nitrogens is 4. The van der Waals surface area contributed by atoms with Gasteiger partial charge < -0.3 is 14.9 Å². The zero-order valence-corrected chi connectivity index (χ0v) is 15.7. The van der Waals surface area contributed by atoms with E-state index in [4.69, 9.17) is 0 Å². The first-order chi connectivity index (χ1) is 13.1. The maximum absolute atomic E-state index is 12.8. The fourth-order valence-electron chi connectivity index (χ4n) is 4.44. The van der Waals surface area contributed by atoms with E-state index in [1.54, 1.807) is 23.3 Å². The number of likely N-dealkylation sites (tertiary alicyclic amines) is 1. The number of aliphatic hydroxyl groups excluding tert-OH is 1. The van der Waals surface area contributed by atoms with Gasteiger partial charge in [-0.25, -0.2) is 9.97 Å². The molecule has 1 spiro atoms. The van der Waals surface area contributed by atoms with E-state index in [1.165, 1.54) is 0 Å². The normalized spacial score (nSPS) is 21.8. The largest absolute Gasteiger partial charge is 0.396 e. The first-order valence-electron chi connectivity index (χ1n) is 9.60. The summed E-state index contributed by atoms with van der Waals surface area (Å²) in [6.45, 7) is 5.91. The van der Waals surface area contributed by atoms with Gasteiger partial charge in [0.2, 0.25) is 5.95 Å². The van der Waals surface area contributed by atoms with Crippen LogP contribution in [0.25, 0.3) is 0 Å². The smallest absolute Gasteiger partial charge is 0.257 e. The van der Waals surface area contributed by atoms with E-state index >= 15 is 0 Å². The number of piperidine rings is 1. The van der Waals surface area contributed by atoms with Crippen molar-refractivity contribution in [2.45, 2.75) is 26.3 Å². The fourth-order valence-corrected chi connectivity index (χ4v) is 4.44. The Labute approximate surface area is 158 Å². The molecule has 2 aromatic heterocycles. The summed E-state index contributed by atoms with van der Waals surface area (Å²) >= 11 is 0. The third-order valence-corrected chi connectivity index (χ3v) is 6.12. The molecule has 2 fully saturated rings. The highest BCUT2D eigenvalue weighted by Gasteiger charge is 2.48. The number of aryl methyl sites for hydroxylation is 1. The Balaban J connectivity index is 1.44. The van der Waals surface area contributed by atoms with Crippen LogP contribution >= 0.6 is 0 Å². The second-order valence-electron chi connectivity index (χ2n) is 7.55. The standard InChI is InChI=1S/C19H26N6O2/c1-2-25-11-15(10-22-25)17(27)23-8-4-19(5-9-23)14-24(12-16(19)13-26)18-20-6-3-7-21-18/h3,6-7,10-11,16,26H,2,4-5,8-9,12-14H2,1H3. The van der Waals surface area contributed by atoms with Crippen molar-refractivity contribution in [3.05, 3.63) is 36.4 Å². The minimum Gasteiger partial charge on any atom is -0.396 e. The molecule has 0 saturated carbocycles. The van der Waals surface area contributed by atoms with Crippen molar-refractivity contribution in [3.8, 4) is 0 Å². The van der Waals surface area contributed by atoms with Crippen molar-refractivity contribution >= 4 is 11.9 Å².